The lowest BCUT2D eigenvalue weighted by Crippen LogP contribution is -1.92. The van der Waals surface area contributed by atoms with Gasteiger partial charge < -0.3 is 0 Å². The Kier molecular flexibility index (Phi) is 2.58. The molecule has 1 aromatic carbocycles. The van der Waals surface area contributed by atoms with E-state index in [1.807, 2.05) is 30.3 Å². The Bertz CT molecular complexity index is 304. The van der Waals surface area contributed by atoms with Gasteiger partial charge in [-0.2, -0.15) is 0 Å². The predicted octanol–water partition coefficient (Wildman–Crippen LogP) is 2.32. The van der Waals surface area contributed by atoms with Gasteiger partial charge in [-0.1, -0.05) is 30.3 Å². The molecule has 0 saturated carbocycles. The summed E-state index contributed by atoms with van der Waals surface area (Å²) in [6, 6.07) is 9.22. The second-order valence-electron chi connectivity index (χ2n) is 2.45. The number of hydrogen-bond donors (Lipinski definition) is 0. The maximum absolute atomic E-state index is 10.2. The van der Waals surface area contributed by atoms with Crippen molar-refractivity contribution in [3.8, 4) is 0 Å². The van der Waals surface area contributed by atoms with Gasteiger partial charge in [0.25, 0.3) is 0 Å². The Morgan fingerprint density at radius 1 is 1.42 bits per heavy atom. The smallest absolute Gasteiger partial charge is 0.243 e. The van der Waals surface area contributed by atoms with Gasteiger partial charge in [0.1, 0.15) is 0 Å². The van der Waals surface area contributed by atoms with Crippen molar-refractivity contribution >= 4 is 6.08 Å². The van der Waals surface area contributed by atoms with Gasteiger partial charge >= 0.3 is 0 Å². The van der Waals surface area contributed by atoms with E-state index in [-0.39, 0.29) is 5.70 Å². The zero-order chi connectivity index (χ0) is 8.97. The molecule has 0 heterocycles. The van der Waals surface area contributed by atoms with E-state index < -0.39 is 4.92 Å². The Morgan fingerprint density at radius 2 is 2.00 bits per heavy atom. The summed E-state index contributed by atoms with van der Waals surface area (Å²) in [6.07, 6.45) is 1.54. The summed E-state index contributed by atoms with van der Waals surface area (Å²) in [7, 11) is 0. The second-order valence-corrected chi connectivity index (χ2v) is 2.45. The monoisotopic (exact) mass is 162 g/mol. The van der Waals surface area contributed by atoms with Crippen LogP contribution in [0.3, 0.4) is 0 Å². The lowest BCUT2D eigenvalue weighted by molar-refractivity contribution is -0.422. The zero-order valence-electron chi connectivity index (χ0n) is 6.73. The highest BCUT2D eigenvalue weighted by Crippen LogP contribution is 2.05. The average Bonchev–Trinajstić information content (AvgIpc) is 2.06. The maximum atomic E-state index is 10.2. The van der Waals surface area contributed by atoms with Crippen LogP contribution < -0.4 is 0 Å². The van der Waals surface area contributed by atoms with E-state index in [4.69, 9.17) is 0 Å². The molecule has 3 heteroatoms. The van der Waals surface area contributed by atoms with Crippen molar-refractivity contribution in [1.29, 1.82) is 0 Å². The number of hydrogen-bond acceptors (Lipinski definition) is 2. The van der Waals surface area contributed by atoms with E-state index >= 15 is 0 Å². The number of allylic oxidation sites excluding steroid dienone is 1. The highest BCUT2D eigenvalue weighted by Gasteiger charge is 2.00. The molecule has 1 rings (SSSR count). The minimum atomic E-state index is -0.396. The van der Waals surface area contributed by atoms with Gasteiger partial charge in [-0.05, 0) is 5.56 Å². The molecule has 0 bridgehead atoms. The molecule has 0 unspecified atom stereocenters. The lowest BCUT2D eigenvalue weighted by atomic mass is 9.90. The van der Waals surface area contributed by atoms with Gasteiger partial charge in [0.15, 0.2) is 0 Å². The van der Waals surface area contributed by atoms with Gasteiger partial charge in [0.2, 0.25) is 5.70 Å². The van der Waals surface area contributed by atoms with Gasteiger partial charge in [0, 0.05) is 13.0 Å². The lowest BCUT2D eigenvalue weighted by Gasteiger charge is -1.91. The molecule has 0 radical (unpaired) electrons. The van der Waals surface area contributed by atoms with E-state index in [0.717, 1.165) is 5.56 Å². The molecule has 0 aliphatic rings. The van der Waals surface area contributed by atoms with Crippen molar-refractivity contribution in [2.45, 2.75) is 6.92 Å². The average molecular weight is 162 g/mol. The minimum Gasteiger partial charge on any atom is -0.259 e. The summed E-state index contributed by atoms with van der Waals surface area (Å²) < 4.78 is 0. The summed E-state index contributed by atoms with van der Waals surface area (Å²) in [4.78, 5) is 9.85. The maximum Gasteiger partial charge on any atom is 0.243 e. The van der Waals surface area contributed by atoms with Crippen molar-refractivity contribution < 1.29 is 4.92 Å². The molecular weight excluding hydrogens is 153 g/mol. The van der Waals surface area contributed by atoms with Crippen LogP contribution in [-0.2, 0) is 0 Å². The van der Waals surface area contributed by atoms with Gasteiger partial charge in [-0.15, -0.1) is 0 Å². The summed E-state index contributed by atoms with van der Waals surface area (Å²) in [5, 5.41) is 10.2. The number of rotatable bonds is 2. The van der Waals surface area contributed by atoms with Crippen molar-refractivity contribution in [1.82, 2.24) is 0 Å². The summed E-state index contributed by atoms with van der Waals surface area (Å²) in [5.74, 6) is 0. The predicted molar refractivity (Wildman–Crippen MR) is 47.1 cm³/mol. The van der Waals surface area contributed by atoms with E-state index in [9.17, 15) is 10.1 Å². The van der Waals surface area contributed by atoms with E-state index in [1.54, 1.807) is 6.08 Å². The molecule has 0 spiro atoms. The Balaban J connectivity index is 2.89. The first-order valence-electron chi connectivity index (χ1n) is 3.58. The fourth-order valence-electron chi connectivity index (χ4n) is 0.843. The fraction of sp³-hybridized carbons (Fsp3) is 0.111. The molecule has 0 aromatic heterocycles. The SMILES string of the molecule is C/[11C](=C\c1ccccc1)[N+](=O)[O-]. The minimum absolute atomic E-state index is 0.154. The molecule has 1 aromatic rings. The Morgan fingerprint density at radius 3 is 2.50 bits per heavy atom. The van der Waals surface area contributed by atoms with E-state index in [0.29, 0.717) is 0 Å². The first kappa shape index (κ1) is 8.46. The topological polar surface area (TPSA) is 43.1 Å². The summed E-state index contributed by atoms with van der Waals surface area (Å²) in [6.45, 7) is 1.48. The molecule has 0 aliphatic carbocycles. The third-order valence-corrected chi connectivity index (χ3v) is 1.46. The molecule has 0 N–H and O–H groups in total. The van der Waals surface area contributed by atoms with Crippen LogP contribution in [0, 0.1) is 10.1 Å². The zero-order valence-corrected chi connectivity index (χ0v) is 6.73. The molecule has 0 fully saturated rings. The summed E-state index contributed by atoms with van der Waals surface area (Å²) in [5.41, 5.74) is 1.01. The Labute approximate surface area is 70.5 Å². The summed E-state index contributed by atoms with van der Waals surface area (Å²) >= 11 is 0. The van der Waals surface area contributed by atoms with E-state index in [2.05, 4.69) is 0 Å². The van der Waals surface area contributed by atoms with Crippen molar-refractivity contribution in [3.05, 3.63) is 51.7 Å². The standard InChI is InChI=1S/C9H9NO2/c1-8(10(11)12)7-9-5-3-2-4-6-9/h2-7H,1H3/b8-7+/i8-1. The molecule has 0 aliphatic heterocycles. The van der Waals surface area contributed by atoms with Crippen LogP contribution in [0.4, 0.5) is 0 Å². The van der Waals surface area contributed by atoms with Crippen LogP contribution in [0.25, 0.3) is 6.08 Å². The molecule has 0 amide bonds. The highest BCUT2D eigenvalue weighted by molar-refractivity contribution is 5.49. The molecule has 62 valence electrons. The van der Waals surface area contributed by atoms with Crippen LogP contribution in [0.5, 0.6) is 0 Å². The molecule has 3 nitrogen and oxygen atoms in total. The van der Waals surface area contributed by atoms with Gasteiger partial charge in [0.05, 0.1) is 4.92 Å². The normalized spacial score (nSPS) is 11.2. The third-order valence-electron chi connectivity index (χ3n) is 1.46. The molecule has 0 saturated heterocycles. The number of benzene rings is 1. The van der Waals surface area contributed by atoms with Gasteiger partial charge in [-0.25, -0.2) is 0 Å². The number of nitro groups is 1. The Hall–Kier alpha value is -1.64. The molecule has 12 heavy (non-hydrogen) atoms. The first-order valence-corrected chi connectivity index (χ1v) is 3.58. The van der Waals surface area contributed by atoms with Crippen molar-refractivity contribution in [2.75, 3.05) is 0 Å². The second kappa shape index (κ2) is 3.67. The van der Waals surface area contributed by atoms with Crippen LogP contribution >= 0.6 is 0 Å². The number of nitrogens with zero attached hydrogens (tertiary/aromatic N) is 1. The fourth-order valence-corrected chi connectivity index (χ4v) is 0.843. The quantitative estimate of drug-likeness (QED) is 0.494. The van der Waals surface area contributed by atoms with Crippen LogP contribution in [0.1, 0.15) is 12.5 Å². The first-order chi connectivity index (χ1) is 5.70. The third kappa shape index (κ3) is 2.20. The largest absolute Gasteiger partial charge is 0.259 e. The van der Waals surface area contributed by atoms with Gasteiger partial charge in [-0.3, -0.25) is 10.1 Å². The van der Waals surface area contributed by atoms with Crippen LogP contribution in [0.15, 0.2) is 36.0 Å². The van der Waals surface area contributed by atoms with E-state index in [1.165, 1.54) is 6.92 Å². The molecule has 0 atom stereocenters. The van der Waals surface area contributed by atoms with Crippen LogP contribution in [0.2, 0.25) is 0 Å². The highest BCUT2D eigenvalue weighted by atomic mass is 16.6. The van der Waals surface area contributed by atoms with Crippen molar-refractivity contribution in [2.24, 2.45) is 0 Å². The van der Waals surface area contributed by atoms with Crippen molar-refractivity contribution in [3.63, 3.8) is 0 Å². The molecular formula is C9H9NO2. The van der Waals surface area contributed by atoms with Crippen LogP contribution in [-0.4, -0.2) is 4.92 Å².